The van der Waals surface area contributed by atoms with Gasteiger partial charge in [0.25, 0.3) is 0 Å². The van der Waals surface area contributed by atoms with Gasteiger partial charge in [-0.1, -0.05) is 12.1 Å². The van der Waals surface area contributed by atoms with Gasteiger partial charge in [0.15, 0.2) is 15.7 Å². The first kappa shape index (κ1) is 17.4. The Morgan fingerprint density at radius 2 is 1.91 bits per heavy atom. The third-order valence-corrected chi connectivity index (χ3v) is 6.85. The second kappa shape index (κ2) is 6.66. The van der Waals surface area contributed by atoms with Crippen LogP contribution in [-0.4, -0.2) is 42.1 Å². The van der Waals surface area contributed by atoms with Crippen LogP contribution in [0, 0.1) is 0 Å². The lowest BCUT2D eigenvalue weighted by Crippen LogP contribution is -2.46. The van der Waals surface area contributed by atoms with E-state index >= 15 is 0 Å². The van der Waals surface area contributed by atoms with E-state index in [0.29, 0.717) is 18.5 Å². The van der Waals surface area contributed by atoms with E-state index in [1.807, 2.05) is 6.92 Å². The molecule has 126 valence electrons. The van der Waals surface area contributed by atoms with Gasteiger partial charge in [-0.15, -0.1) is 0 Å². The summed E-state index contributed by atoms with van der Waals surface area (Å²) in [6.07, 6.45) is 6.11. The highest BCUT2D eigenvalue weighted by molar-refractivity contribution is 7.92. The van der Waals surface area contributed by atoms with Gasteiger partial charge in [-0.05, 0) is 39.5 Å². The Hall–Kier alpha value is -0.950. The van der Waals surface area contributed by atoms with Gasteiger partial charge in [0.1, 0.15) is 0 Å². The molecule has 0 bridgehead atoms. The van der Waals surface area contributed by atoms with Crippen LogP contribution in [0.2, 0.25) is 0 Å². The molecule has 1 N–H and O–H groups in total. The fourth-order valence-corrected chi connectivity index (χ4v) is 2.99. The van der Waals surface area contributed by atoms with Crippen molar-refractivity contribution in [2.24, 2.45) is 0 Å². The summed E-state index contributed by atoms with van der Waals surface area (Å²) in [6.45, 7) is 6.04. The van der Waals surface area contributed by atoms with Crippen molar-refractivity contribution in [3.05, 3.63) is 11.7 Å². The predicted molar refractivity (Wildman–Crippen MR) is 85.6 cm³/mol. The number of aromatic nitrogens is 2. The van der Waals surface area contributed by atoms with E-state index in [4.69, 9.17) is 4.52 Å². The van der Waals surface area contributed by atoms with Gasteiger partial charge in [0.2, 0.25) is 5.89 Å². The third kappa shape index (κ3) is 4.07. The summed E-state index contributed by atoms with van der Waals surface area (Å²) in [5, 5.41) is 7.37. The Morgan fingerprint density at radius 3 is 2.41 bits per heavy atom. The molecule has 2 rings (SSSR count). The molecular weight excluding hydrogens is 302 g/mol. The summed E-state index contributed by atoms with van der Waals surface area (Å²) in [5.74, 6) is 1.87. The smallest absolute Gasteiger partial charge is 0.229 e. The van der Waals surface area contributed by atoms with Crippen molar-refractivity contribution in [2.45, 2.75) is 69.6 Å². The van der Waals surface area contributed by atoms with Gasteiger partial charge < -0.3 is 9.84 Å². The first-order chi connectivity index (χ1) is 10.2. The molecule has 0 amide bonds. The maximum Gasteiger partial charge on any atom is 0.229 e. The van der Waals surface area contributed by atoms with Gasteiger partial charge in [-0.2, -0.15) is 4.98 Å². The molecule has 1 saturated carbocycles. The summed E-state index contributed by atoms with van der Waals surface area (Å²) in [5.41, 5.74) is 0. The topological polar surface area (TPSA) is 85.1 Å². The van der Waals surface area contributed by atoms with Crippen molar-refractivity contribution < 1.29 is 12.9 Å². The zero-order valence-electron chi connectivity index (χ0n) is 13.9. The predicted octanol–water partition coefficient (Wildman–Crippen LogP) is 2.07. The maximum atomic E-state index is 11.7. The zero-order chi connectivity index (χ0) is 16.4. The van der Waals surface area contributed by atoms with Gasteiger partial charge >= 0.3 is 0 Å². The van der Waals surface area contributed by atoms with Gasteiger partial charge in [0, 0.05) is 31.2 Å². The molecule has 1 heterocycles. The highest BCUT2D eigenvalue weighted by atomic mass is 32.2. The average molecular weight is 329 g/mol. The maximum absolute atomic E-state index is 11.7. The summed E-state index contributed by atoms with van der Waals surface area (Å²) >= 11 is 0. The van der Waals surface area contributed by atoms with E-state index in [1.54, 1.807) is 13.8 Å². The van der Waals surface area contributed by atoms with Crippen LogP contribution in [0.15, 0.2) is 4.52 Å². The standard InChI is InChI=1S/C15H27N3O3S/c1-5-13-17-14(21-18-13)11-6-8-12(9-7-11)16-10-15(2,3)22(4,19)20/h11-12,16H,5-10H2,1-4H3. The number of rotatable bonds is 6. The lowest BCUT2D eigenvalue weighted by molar-refractivity contribution is 0.279. The van der Waals surface area contributed by atoms with Crippen LogP contribution in [0.5, 0.6) is 0 Å². The molecule has 0 radical (unpaired) electrons. The van der Waals surface area contributed by atoms with Crippen LogP contribution in [-0.2, 0) is 16.3 Å². The third-order valence-electron chi connectivity index (χ3n) is 4.70. The summed E-state index contributed by atoms with van der Waals surface area (Å²) in [4.78, 5) is 4.42. The van der Waals surface area contributed by atoms with Crippen LogP contribution in [0.25, 0.3) is 0 Å². The molecule has 0 aliphatic heterocycles. The molecule has 7 heteroatoms. The number of nitrogens with one attached hydrogen (secondary N) is 1. The molecule has 0 saturated heterocycles. The molecule has 0 atom stereocenters. The normalized spacial score (nSPS) is 23.6. The van der Waals surface area contributed by atoms with Crippen LogP contribution in [0.4, 0.5) is 0 Å². The number of sulfone groups is 1. The first-order valence-corrected chi connectivity index (χ1v) is 9.87. The lowest BCUT2D eigenvalue weighted by atomic mass is 9.86. The molecule has 1 aliphatic rings. The monoisotopic (exact) mass is 329 g/mol. The molecule has 1 aliphatic carbocycles. The van der Waals surface area contributed by atoms with Crippen molar-refractivity contribution in [2.75, 3.05) is 12.8 Å². The molecule has 22 heavy (non-hydrogen) atoms. The lowest BCUT2D eigenvalue weighted by Gasteiger charge is -2.31. The quantitative estimate of drug-likeness (QED) is 0.860. The van der Waals surface area contributed by atoms with Crippen LogP contribution < -0.4 is 5.32 Å². The molecule has 1 aromatic rings. The SMILES string of the molecule is CCc1noc(C2CCC(NCC(C)(C)S(C)(=O)=O)CC2)n1. The van der Waals surface area contributed by atoms with Gasteiger partial charge in [0.05, 0.1) is 4.75 Å². The van der Waals surface area contributed by atoms with E-state index in [9.17, 15) is 8.42 Å². The van der Waals surface area contributed by atoms with Gasteiger partial charge in [-0.25, -0.2) is 8.42 Å². The minimum Gasteiger partial charge on any atom is -0.339 e. The minimum atomic E-state index is -3.05. The second-order valence-electron chi connectivity index (χ2n) is 6.86. The molecule has 1 fully saturated rings. The highest BCUT2D eigenvalue weighted by Crippen LogP contribution is 2.32. The molecule has 6 nitrogen and oxygen atoms in total. The summed E-state index contributed by atoms with van der Waals surface area (Å²) < 4.78 is 28.1. The minimum absolute atomic E-state index is 0.341. The van der Waals surface area contributed by atoms with E-state index in [0.717, 1.165) is 43.8 Å². The fourth-order valence-electron chi connectivity index (χ4n) is 2.64. The average Bonchev–Trinajstić information content (AvgIpc) is 2.93. The molecule has 1 aromatic heterocycles. The Kier molecular flexibility index (Phi) is 5.27. The molecular formula is C15H27N3O3S. The van der Waals surface area contributed by atoms with E-state index in [1.165, 1.54) is 6.26 Å². The van der Waals surface area contributed by atoms with Crippen LogP contribution in [0.3, 0.4) is 0 Å². The number of aryl methyl sites for hydroxylation is 1. The Labute approximate surface area is 133 Å². The largest absolute Gasteiger partial charge is 0.339 e. The number of hydrogen-bond acceptors (Lipinski definition) is 6. The Bertz CT molecular complexity index is 587. The van der Waals surface area contributed by atoms with Gasteiger partial charge in [-0.3, -0.25) is 0 Å². The van der Waals surface area contributed by atoms with Crippen molar-refractivity contribution in [1.82, 2.24) is 15.5 Å². The highest BCUT2D eigenvalue weighted by Gasteiger charge is 2.32. The number of nitrogens with zero attached hydrogens (tertiary/aromatic N) is 2. The second-order valence-corrected chi connectivity index (χ2v) is 9.51. The Morgan fingerprint density at radius 1 is 1.27 bits per heavy atom. The van der Waals surface area contributed by atoms with Crippen LogP contribution in [0.1, 0.15) is 64.1 Å². The fraction of sp³-hybridized carbons (Fsp3) is 0.867. The van der Waals surface area contributed by atoms with E-state index < -0.39 is 14.6 Å². The van der Waals surface area contributed by atoms with Crippen molar-refractivity contribution >= 4 is 9.84 Å². The molecule has 0 spiro atoms. The Balaban J connectivity index is 1.82. The molecule has 0 unspecified atom stereocenters. The first-order valence-electron chi connectivity index (χ1n) is 7.98. The van der Waals surface area contributed by atoms with Crippen molar-refractivity contribution in [3.63, 3.8) is 0 Å². The summed E-state index contributed by atoms with van der Waals surface area (Å²) in [7, 11) is -3.05. The van der Waals surface area contributed by atoms with Crippen LogP contribution >= 0.6 is 0 Å². The van der Waals surface area contributed by atoms with Crippen molar-refractivity contribution in [1.29, 1.82) is 0 Å². The summed E-state index contributed by atoms with van der Waals surface area (Å²) in [6, 6.07) is 0.367. The zero-order valence-corrected chi connectivity index (χ0v) is 14.7. The van der Waals surface area contributed by atoms with E-state index in [-0.39, 0.29) is 0 Å². The van der Waals surface area contributed by atoms with E-state index in [2.05, 4.69) is 15.5 Å². The number of hydrogen-bond donors (Lipinski definition) is 1. The van der Waals surface area contributed by atoms with Crippen molar-refractivity contribution in [3.8, 4) is 0 Å². The molecule has 0 aromatic carbocycles.